The van der Waals surface area contributed by atoms with E-state index in [1.807, 2.05) is 0 Å². The number of hydrogen-bond donors (Lipinski definition) is 6. The molecule has 3 aromatic rings. The first kappa shape index (κ1) is 33.4. The van der Waals surface area contributed by atoms with Gasteiger partial charge in [-0.3, -0.25) is 19.6 Å². The topological polar surface area (TPSA) is 226 Å². The quantitative estimate of drug-likeness (QED) is 0.0927. The van der Waals surface area contributed by atoms with Crippen molar-refractivity contribution in [3.8, 4) is 11.1 Å². The minimum atomic E-state index is -3.67. The van der Waals surface area contributed by atoms with E-state index in [-0.39, 0.29) is 28.1 Å². The fourth-order valence-corrected chi connectivity index (χ4v) is 4.79. The van der Waals surface area contributed by atoms with Gasteiger partial charge in [-0.25, -0.2) is 9.59 Å². The maximum Gasteiger partial charge on any atom is 0.336 e. The van der Waals surface area contributed by atoms with E-state index in [0.29, 0.717) is 35.9 Å². The molecule has 13 nitrogen and oxygen atoms in total. The Morgan fingerprint density at radius 3 is 1.98 bits per heavy atom. The number of nitrogens with one attached hydrogen (secondary N) is 3. The van der Waals surface area contributed by atoms with Crippen LogP contribution >= 0.6 is 0 Å². The number of carbonyl (C=O) groups excluding carboxylic acids is 3. The number of carbonyl (C=O) groups is 4. The summed E-state index contributed by atoms with van der Waals surface area (Å²) in [6.45, 7) is 0. The smallest absolute Gasteiger partial charge is 0.336 e. The molecule has 1 aliphatic rings. The summed E-state index contributed by atoms with van der Waals surface area (Å²) in [6.07, 6.45) is 3.11. The number of aromatic carboxylic acids is 1. The molecule has 3 aromatic carbocycles. The number of anilines is 1. The standard InChI is InChI=1S/C29H28N4O6.CH4O3S/c1-39-28(38)29(14-4-5-15-29)33-25(34)18-10-13-21(23(16-18)27(36)37)20-6-2-3-7-22(20)26(35)32-19-11-8-17(9-12-19)24(30)31;1-5(2,3)4/h2-3,6-13,16H,4-5,14-15H2,1H3,(H3,30,31)(H,32,35)(H,33,34)(H,36,37);1H3,(H,2,3,4). The second-order valence-electron chi connectivity index (χ2n) is 10.0. The monoisotopic (exact) mass is 624 g/mol. The molecule has 0 heterocycles. The van der Waals surface area contributed by atoms with Crippen LogP contribution < -0.4 is 16.4 Å². The van der Waals surface area contributed by atoms with Crippen molar-refractivity contribution in [2.45, 2.75) is 31.2 Å². The zero-order valence-electron chi connectivity index (χ0n) is 23.9. The lowest BCUT2D eigenvalue weighted by Gasteiger charge is -2.27. The highest BCUT2D eigenvalue weighted by Gasteiger charge is 2.43. The van der Waals surface area contributed by atoms with Gasteiger partial charge in [-0.2, -0.15) is 8.42 Å². The van der Waals surface area contributed by atoms with Gasteiger partial charge in [0.25, 0.3) is 21.9 Å². The summed E-state index contributed by atoms with van der Waals surface area (Å²) in [5.74, 6) is -2.96. The van der Waals surface area contributed by atoms with Crippen LogP contribution in [0.1, 0.15) is 62.3 Å². The molecule has 0 saturated heterocycles. The number of amidine groups is 1. The van der Waals surface area contributed by atoms with E-state index >= 15 is 0 Å². The van der Waals surface area contributed by atoms with Gasteiger partial charge in [-0.1, -0.05) is 37.1 Å². The van der Waals surface area contributed by atoms with Crippen molar-refractivity contribution >= 4 is 45.4 Å². The minimum Gasteiger partial charge on any atom is -0.478 e. The lowest BCUT2D eigenvalue weighted by Crippen LogP contribution is -2.53. The van der Waals surface area contributed by atoms with Gasteiger partial charge in [0, 0.05) is 22.4 Å². The van der Waals surface area contributed by atoms with Gasteiger partial charge < -0.3 is 26.2 Å². The largest absolute Gasteiger partial charge is 0.478 e. The summed E-state index contributed by atoms with van der Waals surface area (Å²) in [7, 11) is -2.40. The lowest BCUT2D eigenvalue weighted by atomic mass is 9.92. The van der Waals surface area contributed by atoms with E-state index in [0.717, 1.165) is 12.8 Å². The number of nitrogen functional groups attached to an aromatic ring is 1. The fourth-order valence-electron chi connectivity index (χ4n) is 4.79. The van der Waals surface area contributed by atoms with Gasteiger partial charge in [-0.15, -0.1) is 0 Å². The van der Waals surface area contributed by atoms with Gasteiger partial charge in [0.05, 0.1) is 18.9 Å². The molecule has 0 radical (unpaired) electrons. The van der Waals surface area contributed by atoms with Crippen LogP contribution in [-0.4, -0.2) is 66.6 Å². The molecule has 0 unspecified atom stereocenters. The fraction of sp³-hybridized carbons (Fsp3) is 0.233. The second kappa shape index (κ2) is 13.9. The van der Waals surface area contributed by atoms with Crippen LogP contribution in [0.3, 0.4) is 0 Å². The van der Waals surface area contributed by atoms with Crippen molar-refractivity contribution in [1.82, 2.24) is 5.32 Å². The van der Waals surface area contributed by atoms with E-state index in [9.17, 15) is 32.7 Å². The Morgan fingerprint density at radius 2 is 1.43 bits per heavy atom. The predicted molar refractivity (Wildman–Crippen MR) is 162 cm³/mol. The molecule has 2 amide bonds. The maximum absolute atomic E-state index is 13.2. The normalized spacial score (nSPS) is 13.5. The average Bonchev–Trinajstić information content (AvgIpc) is 3.45. The number of esters is 1. The van der Waals surface area contributed by atoms with Crippen molar-refractivity contribution in [3.05, 3.63) is 89.0 Å². The minimum absolute atomic E-state index is 0.0684. The number of hydrogen-bond acceptors (Lipinski definition) is 8. The van der Waals surface area contributed by atoms with Crippen LogP contribution in [0.5, 0.6) is 0 Å². The molecule has 0 atom stereocenters. The molecule has 0 bridgehead atoms. The molecule has 232 valence electrons. The third kappa shape index (κ3) is 8.49. The Kier molecular flexibility index (Phi) is 10.6. The van der Waals surface area contributed by atoms with Gasteiger partial charge >= 0.3 is 11.9 Å². The number of nitrogens with two attached hydrogens (primary N) is 1. The van der Waals surface area contributed by atoms with Crippen molar-refractivity contribution in [2.75, 3.05) is 18.7 Å². The zero-order chi connectivity index (χ0) is 32.7. The summed E-state index contributed by atoms with van der Waals surface area (Å²) < 4.78 is 30.8. The molecule has 1 fully saturated rings. The summed E-state index contributed by atoms with van der Waals surface area (Å²) in [6, 6.07) is 17.1. The summed E-state index contributed by atoms with van der Waals surface area (Å²) >= 11 is 0. The molecule has 4 rings (SSSR count). The Labute approximate surface area is 253 Å². The highest BCUT2D eigenvalue weighted by atomic mass is 32.2. The highest BCUT2D eigenvalue weighted by Crippen LogP contribution is 2.32. The molecular weight excluding hydrogens is 592 g/mol. The summed E-state index contributed by atoms with van der Waals surface area (Å²) in [5.41, 5.74) is 6.05. The molecular formula is C30H32N4O9S. The molecule has 0 spiro atoms. The number of rotatable bonds is 8. The molecule has 14 heteroatoms. The van der Waals surface area contributed by atoms with Crippen LogP contribution in [0.4, 0.5) is 5.69 Å². The van der Waals surface area contributed by atoms with Crippen LogP contribution in [0.15, 0.2) is 66.7 Å². The van der Waals surface area contributed by atoms with Crippen molar-refractivity contribution < 1.29 is 42.0 Å². The van der Waals surface area contributed by atoms with Crippen LogP contribution in [0, 0.1) is 5.41 Å². The van der Waals surface area contributed by atoms with Gasteiger partial charge in [0.15, 0.2) is 0 Å². The summed E-state index contributed by atoms with van der Waals surface area (Å²) in [4.78, 5) is 50.9. The number of carboxylic acids is 1. The Bertz CT molecular complexity index is 1690. The van der Waals surface area contributed by atoms with Crippen LogP contribution in [0.25, 0.3) is 11.1 Å². The van der Waals surface area contributed by atoms with E-state index in [2.05, 4.69) is 10.6 Å². The van der Waals surface area contributed by atoms with E-state index < -0.39 is 39.4 Å². The van der Waals surface area contributed by atoms with E-state index in [4.69, 9.17) is 20.4 Å². The van der Waals surface area contributed by atoms with Crippen molar-refractivity contribution in [2.24, 2.45) is 5.73 Å². The molecule has 7 N–H and O–H groups in total. The van der Waals surface area contributed by atoms with Crippen molar-refractivity contribution in [3.63, 3.8) is 0 Å². The molecule has 1 aliphatic carbocycles. The number of carboxylic acid groups (broad SMARTS) is 1. The number of methoxy groups -OCH3 is 1. The van der Waals surface area contributed by atoms with Gasteiger partial charge in [-0.05, 0) is 66.4 Å². The number of amides is 2. The lowest BCUT2D eigenvalue weighted by molar-refractivity contribution is -0.148. The molecule has 44 heavy (non-hydrogen) atoms. The first-order valence-corrected chi connectivity index (χ1v) is 15.1. The first-order chi connectivity index (χ1) is 20.6. The highest BCUT2D eigenvalue weighted by molar-refractivity contribution is 7.85. The third-order valence-electron chi connectivity index (χ3n) is 6.81. The number of benzene rings is 3. The third-order valence-corrected chi connectivity index (χ3v) is 6.81. The first-order valence-electron chi connectivity index (χ1n) is 13.2. The average molecular weight is 625 g/mol. The number of ether oxygens (including phenoxy) is 1. The maximum atomic E-state index is 13.2. The molecule has 0 aliphatic heterocycles. The van der Waals surface area contributed by atoms with E-state index in [1.165, 1.54) is 25.3 Å². The molecule has 0 aromatic heterocycles. The second-order valence-corrected chi connectivity index (χ2v) is 11.5. The molecule has 1 saturated carbocycles. The Balaban J connectivity index is 0.000000978. The SMILES string of the molecule is COC(=O)C1(NC(=O)c2ccc(-c3ccccc3C(=O)Nc3ccc(C(=N)N)cc3)c(C(=O)O)c2)CCCC1.CS(=O)(=O)O. The van der Waals surface area contributed by atoms with Gasteiger partial charge in [0.1, 0.15) is 11.4 Å². The van der Waals surface area contributed by atoms with Gasteiger partial charge in [0.2, 0.25) is 0 Å². The zero-order valence-corrected chi connectivity index (χ0v) is 24.7. The Hall–Kier alpha value is -5.08. The van der Waals surface area contributed by atoms with Crippen LogP contribution in [-0.2, 0) is 19.6 Å². The predicted octanol–water partition coefficient (Wildman–Crippen LogP) is 3.31. The van der Waals surface area contributed by atoms with Crippen molar-refractivity contribution in [1.29, 1.82) is 5.41 Å². The Morgan fingerprint density at radius 1 is 0.886 bits per heavy atom. The summed E-state index contributed by atoms with van der Waals surface area (Å²) in [5, 5.41) is 23.0. The van der Waals surface area contributed by atoms with Crippen LogP contribution in [0.2, 0.25) is 0 Å². The van der Waals surface area contributed by atoms with E-state index in [1.54, 1.807) is 48.5 Å².